The zero-order chi connectivity index (χ0) is 10.2. The molecule has 0 bridgehead atoms. The van der Waals surface area contributed by atoms with E-state index < -0.39 is 0 Å². The Balaban J connectivity index is 1.94. The smallest absolute Gasteiger partial charge is 0.134 e. The second-order valence-corrected chi connectivity index (χ2v) is 3.92. The van der Waals surface area contributed by atoms with Gasteiger partial charge in [0.1, 0.15) is 5.78 Å². The van der Waals surface area contributed by atoms with E-state index in [-0.39, 0.29) is 0 Å². The van der Waals surface area contributed by atoms with Gasteiger partial charge in [0.15, 0.2) is 0 Å². The molecule has 1 rings (SSSR count). The number of hydrogen-bond donors (Lipinski definition) is 1. The molecule has 0 aromatic carbocycles. The molecule has 14 heavy (non-hydrogen) atoms. The number of hydrogen-bond acceptors (Lipinski definition) is 3. The third-order valence-electron chi connectivity index (χ3n) is 2.66. The highest BCUT2D eigenvalue weighted by Crippen LogP contribution is 2.17. The van der Waals surface area contributed by atoms with Gasteiger partial charge in [-0.15, -0.1) is 0 Å². The van der Waals surface area contributed by atoms with Gasteiger partial charge in [-0.05, 0) is 32.7 Å². The first-order valence-electron chi connectivity index (χ1n) is 5.61. The Hall–Kier alpha value is -0.410. The van der Waals surface area contributed by atoms with Crippen LogP contribution in [0.4, 0.5) is 0 Å². The van der Waals surface area contributed by atoms with Gasteiger partial charge in [-0.3, -0.25) is 4.79 Å². The van der Waals surface area contributed by atoms with Crippen LogP contribution in [0, 0.1) is 0 Å². The number of ketones is 1. The predicted octanol–water partition coefficient (Wildman–Crippen LogP) is 1.51. The van der Waals surface area contributed by atoms with Crippen LogP contribution >= 0.6 is 0 Å². The van der Waals surface area contributed by atoms with Crippen molar-refractivity contribution in [1.29, 1.82) is 0 Å². The molecule has 3 nitrogen and oxygen atoms in total. The third kappa shape index (κ3) is 4.72. The Kier molecular flexibility index (Phi) is 5.80. The average molecular weight is 199 g/mol. The van der Waals surface area contributed by atoms with E-state index in [4.69, 9.17) is 4.74 Å². The minimum absolute atomic E-state index is 0.373. The minimum Gasteiger partial charge on any atom is -0.378 e. The summed E-state index contributed by atoms with van der Waals surface area (Å²) >= 11 is 0. The molecule has 1 aliphatic rings. The van der Waals surface area contributed by atoms with E-state index in [2.05, 4.69) is 5.32 Å². The maximum atomic E-state index is 11.3. The van der Waals surface area contributed by atoms with Crippen LogP contribution in [0.3, 0.4) is 0 Å². The summed E-state index contributed by atoms with van der Waals surface area (Å²) in [5.41, 5.74) is 0. The van der Waals surface area contributed by atoms with Crippen molar-refractivity contribution < 1.29 is 9.53 Å². The van der Waals surface area contributed by atoms with E-state index in [9.17, 15) is 4.79 Å². The van der Waals surface area contributed by atoms with Gasteiger partial charge < -0.3 is 10.1 Å². The fourth-order valence-corrected chi connectivity index (χ4v) is 1.79. The summed E-state index contributed by atoms with van der Waals surface area (Å²) in [5.74, 6) is 0.373. The van der Waals surface area contributed by atoms with Crippen LogP contribution in [0.15, 0.2) is 0 Å². The second kappa shape index (κ2) is 6.96. The molecular weight excluding hydrogens is 178 g/mol. The van der Waals surface area contributed by atoms with Gasteiger partial charge in [0, 0.05) is 26.0 Å². The molecule has 82 valence electrons. The monoisotopic (exact) mass is 199 g/mol. The first-order valence-corrected chi connectivity index (χ1v) is 5.61. The quantitative estimate of drug-likeness (QED) is 0.675. The average Bonchev–Trinajstić information content (AvgIpc) is 2.67. The molecule has 0 aromatic rings. The summed E-state index contributed by atoms with van der Waals surface area (Å²) in [6.45, 7) is 1.72. The SMILES string of the molecule is CNCCC(=O)CCCC1CCCO1. The number of rotatable bonds is 7. The van der Waals surface area contributed by atoms with Crippen molar-refractivity contribution in [3.8, 4) is 0 Å². The van der Waals surface area contributed by atoms with Crippen molar-refractivity contribution in [1.82, 2.24) is 5.32 Å². The largest absolute Gasteiger partial charge is 0.378 e. The van der Waals surface area contributed by atoms with Crippen LogP contribution in [-0.2, 0) is 9.53 Å². The molecule has 1 saturated heterocycles. The van der Waals surface area contributed by atoms with Crippen LogP contribution in [0.25, 0.3) is 0 Å². The lowest BCUT2D eigenvalue weighted by Crippen LogP contribution is -2.13. The lowest BCUT2D eigenvalue weighted by atomic mass is 10.1. The number of ether oxygens (including phenoxy) is 1. The molecule has 0 spiro atoms. The number of Topliss-reactive ketones (excluding diaryl/α,β-unsaturated/α-hetero) is 1. The highest BCUT2D eigenvalue weighted by atomic mass is 16.5. The molecule has 1 unspecified atom stereocenters. The first kappa shape index (κ1) is 11.7. The normalized spacial score (nSPS) is 21.4. The van der Waals surface area contributed by atoms with Crippen LogP contribution in [-0.4, -0.2) is 32.1 Å². The predicted molar refractivity (Wildman–Crippen MR) is 56.4 cm³/mol. The van der Waals surface area contributed by atoms with Gasteiger partial charge in [-0.2, -0.15) is 0 Å². The molecule has 0 radical (unpaired) electrons. The minimum atomic E-state index is 0.373. The fraction of sp³-hybridized carbons (Fsp3) is 0.909. The molecule has 3 heteroatoms. The highest BCUT2D eigenvalue weighted by molar-refractivity contribution is 5.78. The zero-order valence-electron chi connectivity index (χ0n) is 9.05. The van der Waals surface area contributed by atoms with Gasteiger partial charge in [-0.25, -0.2) is 0 Å². The lowest BCUT2D eigenvalue weighted by Gasteiger charge is -2.07. The van der Waals surface area contributed by atoms with Gasteiger partial charge in [0.05, 0.1) is 6.10 Å². The number of nitrogens with one attached hydrogen (secondary N) is 1. The van der Waals surface area contributed by atoms with Crippen LogP contribution in [0.2, 0.25) is 0 Å². The van der Waals surface area contributed by atoms with E-state index in [1.165, 1.54) is 12.8 Å². The summed E-state index contributed by atoms with van der Waals surface area (Å²) in [6, 6.07) is 0. The van der Waals surface area contributed by atoms with E-state index >= 15 is 0 Å². The molecule has 1 atom stereocenters. The Morgan fingerprint density at radius 1 is 1.50 bits per heavy atom. The van der Waals surface area contributed by atoms with Crippen LogP contribution in [0.1, 0.15) is 38.5 Å². The highest BCUT2D eigenvalue weighted by Gasteiger charge is 2.15. The Morgan fingerprint density at radius 2 is 2.36 bits per heavy atom. The molecule has 1 aliphatic heterocycles. The van der Waals surface area contributed by atoms with Crippen molar-refractivity contribution in [2.24, 2.45) is 0 Å². The van der Waals surface area contributed by atoms with E-state index in [0.717, 1.165) is 32.4 Å². The standard InChI is InChI=1S/C11H21NO2/c1-12-8-7-10(13)4-2-5-11-6-3-9-14-11/h11-12H,2-9H2,1H3. The molecule has 0 saturated carbocycles. The number of carbonyl (C=O) groups excluding carboxylic acids is 1. The van der Waals surface area contributed by atoms with Crippen molar-refractivity contribution in [2.45, 2.75) is 44.6 Å². The van der Waals surface area contributed by atoms with E-state index in [1.807, 2.05) is 7.05 Å². The summed E-state index contributed by atoms with van der Waals surface area (Å²) < 4.78 is 5.49. The molecule has 1 N–H and O–H groups in total. The van der Waals surface area contributed by atoms with Crippen molar-refractivity contribution >= 4 is 5.78 Å². The van der Waals surface area contributed by atoms with Gasteiger partial charge in [0.2, 0.25) is 0 Å². The molecule has 0 aromatic heterocycles. The lowest BCUT2D eigenvalue weighted by molar-refractivity contribution is -0.119. The molecule has 0 aliphatic carbocycles. The molecular formula is C11H21NO2. The van der Waals surface area contributed by atoms with Crippen molar-refractivity contribution in [2.75, 3.05) is 20.2 Å². The Labute approximate surface area is 86.2 Å². The Morgan fingerprint density at radius 3 is 3.00 bits per heavy atom. The van der Waals surface area contributed by atoms with Crippen molar-refractivity contribution in [3.63, 3.8) is 0 Å². The maximum Gasteiger partial charge on any atom is 0.134 e. The molecule has 1 heterocycles. The first-order chi connectivity index (χ1) is 6.83. The van der Waals surface area contributed by atoms with E-state index in [1.54, 1.807) is 0 Å². The van der Waals surface area contributed by atoms with Crippen LogP contribution < -0.4 is 5.32 Å². The maximum absolute atomic E-state index is 11.3. The summed E-state index contributed by atoms with van der Waals surface area (Å²) in [6.07, 6.45) is 6.26. The fourth-order valence-electron chi connectivity index (χ4n) is 1.79. The van der Waals surface area contributed by atoms with Gasteiger partial charge in [-0.1, -0.05) is 0 Å². The van der Waals surface area contributed by atoms with Crippen molar-refractivity contribution in [3.05, 3.63) is 0 Å². The number of carbonyl (C=O) groups is 1. The summed E-state index contributed by atoms with van der Waals surface area (Å²) in [7, 11) is 1.87. The van der Waals surface area contributed by atoms with Gasteiger partial charge in [0.25, 0.3) is 0 Å². The molecule has 0 amide bonds. The van der Waals surface area contributed by atoms with E-state index in [0.29, 0.717) is 18.3 Å². The van der Waals surface area contributed by atoms with Gasteiger partial charge >= 0.3 is 0 Å². The molecule has 1 fully saturated rings. The zero-order valence-corrected chi connectivity index (χ0v) is 9.05. The Bertz CT molecular complexity index is 165. The summed E-state index contributed by atoms with van der Waals surface area (Å²) in [4.78, 5) is 11.3. The third-order valence-corrected chi connectivity index (χ3v) is 2.66. The summed E-state index contributed by atoms with van der Waals surface area (Å²) in [5, 5.41) is 2.98. The second-order valence-electron chi connectivity index (χ2n) is 3.92. The van der Waals surface area contributed by atoms with Crippen LogP contribution in [0.5, 0.6) is 0 Å². The topological polar surface area (TPSA) is 38.3 Å².